The van der Waals surface area contributed by atoms with Crippen LogP contribution in [0.25, 0.3) is 0 Å². The van der Waals surface area contributed by atoms with Crippen molar-refractivity contribution in [1.29, 1.82) is 0 Å². The van der Waals surface area contributed by atoms with Crippen LogP contribution in [0, 0.1) is 13.8 Å². The molecule has 1 aromatic carbocycles. The predicted octanol–water partition coefficient (Wildman–Crippen LogP) is 2.30. The molecule has 1 fully saturated rings. The first-order chi connectivity index (χ1) is 11.4. The predicted molar refractivity (Wildman–Crippen MR) is 95.5 cm³/mol. The molecule has 0 aliphatic carbocycles. The molecule has 0 unspecified atom stereocenters. The second-order valence-electron chi connectivity index (χ2n) is 6.99. The summed E-state index contributed by atoms with van der Waals surface area (Å²) in [6, 6.07) is 5.98. The van der Waals surface area contributed by atoms with E-state index in [1.165, 1.54) is 5.56 Å². The van der Waals surface area contributed by atoms with Crippen LogP contribution in [0.3, 0.4) is 0 Å². The van der Waals surface area contributed by atoms with Gasteiger partial charge in [0.2, 0.25) is 5.91 Å². The van der Waals surface area contributed by atoms with Crippen LogP contribution in [0.2, 0.25) is 0 Å². The third-order valence-electron chi connectivity index (χ3n) is 4.73. The number of ether oxygens (including phenoxy) is 2. The number of amides is 1. The minimum absolute atomic E-state index is 0.0293. The van der Waals surface area contributed by atoms with Crippen LogP contribution in [0.4, 0.5) is 0 Å². The van der Waals surface area contributed by atoms with Crippen molar-refractivity contribution in [3.8, 4) is 5.75 Å². The molecule has 0 aromatic heterocycles. The van der Waals surface area contributed by atoms with Gasteiger partial charge in [-0.15, -0.1) is 0 Å². The van der Waals surface area contributed by atoms with Gasteiger partial charge in [0, 0.05) is 25.2 Å². The molecule has 24 heavy (non-hydrogen) atoms. The number of hydrogen-bond acceptors (Lipinski definition) is 4. The Labute approximate surface area is 145 Å². The van der Waals surface area contributed by atoms with Crippen LogP contribution in [-0.2, 0) is 9.53 Å². The van der Waals surface area contributed by atoms with Crippen LogP contribution in [0.15, 0.2) is 18.2 Å². The summed E-state index contributed by atoms with van der Waals surface area (Å²) in [6.45, 7) is 12.8. The van der Waals surface area contributed by atoms with E-state index < -0.39 is 0 Å². The molecule has 1 N–H and O–H groups in total. The highest BCUT2D eigenvalue weighted by Crippen LogP contribution is 2.20. The van der Waals surface area contributed by atoms with Crippen molar-refractivity contribution in [1.82, 2.24) is 10.2 Å². The Morgan fingerprint density at radius 2 is 2.00 bits per heavy atom. The molecular weight excluding hydrogens is 304 g/mol. The van der Waals surface area contributed by atoms with Gasteiger partial charge in [-0.3, -0.25) is 9.69 Å². The van der Waals surface area contributed by atoms with Crippen LogP contribution in [0.1, 0.15) is 31.4 Å². The highest BCUT2D eigenvalue weighted by Gasteiger charge is 2.28. The molecule has 1 heterocycles. The summed E-state index contributed by atoms with van der Waals surface area (Å²) in [6.07, 6.45) is 0.368. The van der Waals surface area contributed by atoms with Crippen LogP contribution < -0.4 is 10.1 Å². The lowest BCUT2D eigenvalue weighted by molar-refractivity contribution is -0.122. The van der Waals surface area contributed by atoms with Gasteiger partial charge in [0.15, 0.2) is 0 Å². The van der Waals surface area contributed by atoms with Crippen LogP contribution >= 0.6 is 0 Å². The Kier molecular flexibility index (Phi) is 6.63. The first-order valence-corrected chi connectivity index (χ1v) is 8.69. The van der Waals surface area contributed by atoms with Gasteiger partial charge in [-0.2, -0.15) is 0 Å². The number of benzene rings is 1. The molecule has 0 atom stereocenters. The molecule has 5 nitrogen and oxygen atoms in total. The lowest BCUT2D eigenvalue weighted by Crippen LogP contribution is -2.55. The number of aryl methyl sites for hydroxylation is 1. The maximum absolute atomic E-state index is 12.1. The quantitative estimate of drug-likeness (QED) is 0.831. The fraction of sp³-hybridized carbons (Fsp3) is 0.632. The van der Waals surface area contributed by atoms with E-state index in [2.05, 4.69) is 37.1 Å². The number of rotatable bonds is 7. The zero-order chi connectivity index (χ0) is 17.6. The summed E-state index contributed by atoms with van der Waals surface area (Å²) in [5.74, 6) is 0.887. The summed E-state index contributed by atoms with van der Waals surface area (Å²) in [5, 5.41) is 3.03. The first kappa shape index (κ1) is 18.7. The molecule has 1 aromatic rings. The zero-order valence-corrected chi connectivity index (χ0v) is 15.4. The average Bonchev–Trinajstić information content (AvgIpc) is 2.58. The molecule has 0 radical (unpaired) electrons. The van der Waals surface area contributed by atoms with Crippen LogP contribution in [0.5, 0.6) is 5.75 Å². The van der Waals surface area contributed by atoms with Gasteiger partial charge in [0.1, 0.15) is 5.75 Å². The molecule has 134 valence electrons. The van der Waals surface area contributed by atoms with Crippen molar-refractivity contribution in [3.05, 3.63) is 29.3 Å². The van der Waals surface area contributed by atoms with Gasteiger partial charge in [-0.25, -0.2) is 0 Å². The van der Waals surface area contributed by atoms with Gasteiger partial charge in [-0.05, 0) is 44.9 Å². The fourth-order valence-corrected chi connectivity index (χ4v) is 2.82. The standard InChI is InChI=1S/C19H30N2O3/c1-15-6-5-7-17(16(15)2)24-11-8-18(22)20-14-19(3,4)21-9-12-23-13-10-21/h5-7H,8-14H2,1-4H3,(H,20,22). The number of carbonyl (C=O) groups is 1. The van der Waals surface area contributed by atoms with Crippen molar-refractivity contribution in [2.24, 2.45) is 0 Å². The van der Waals surface area contributed by atoms with Crippen molar-refractivity contribution < 1.29 is 14.3 Å². The second-order valence-corrected chi connectivity index (χ2v) is 6.99. The molecule has 0 saturated carbocycles. The monoisotopic (exact) mass is 334 g/mol. The van der Waals surface area contributed by atoms with E-state index in [1.54, 1.807) is 0 Å². The third kappa shape index (κ3) is 5.21. The number of nitrogens with zero attached hydrogens (tertiary/aromatic N) is 1. The number of carbonyl (C=O) groups excluding carboxylic acids is 1. The van der Waals surface area contributed by atoms with E-state index in [4.69, 9.17) is 9.47 Å². The highest BCUT2D eigenvalue weighted by atomic mass is 16.5. The largest absolute Gasteiger partial charge is 0.493 e. The summed E-state index contributed by atoms with van der Waals surface area (Å²) in [7, 11) is 0. The smallest absolute Gasteiger partial charge is 0.223 e. The second kappa shape index (κ2) is 8.49. The molecular formula is C19H30N2O3. The molecule has 1 aliphatic rings. The Balaban J connectivity index is 1.72. The SMILES string of the molecule is Cc1cccc(OCCC(=O)NCC(C)(C)N2CCOCC2)c1C. The van der Waals surface area contributed by atoms with Crippen LogP contribution in [-0.4, -0.2) is 55.8 Å². The van der Waals surface area contributed by atoms with Gasteiger partial charge >= 0.3 is 0 Å². The lowest BCUT2D eigenvalue weighted by atomic mass is 10.0. The van der Waals surface area contributed by atoms with E-state index >= 15 is 0 Å². The van der Waals surface area contributed by atoms with Gasteiger partial charge in [0.05, 0.1) is 26.2 Å². The Hall–Kier alpha value is -1.59. The van der Waals surface area contributed by atoms with Crippen molar-refractivity contribution in [2.75, 3.05) is 39.5 Å². The van der Waals surface area contributed by atoms with E-state index in [-0.39, 0.29) is 11.4 Å². The van der Waals surface area contributed by atoms with Gasteiger partial charge in [0.25, 0.3) is 0 Å². The van der Waals surface area contributed by atoms with E-state index in [9.17, 15) is 4.79 Å². The highest BCUT2D eigenvalue weighted by molar-refractivity contribution is 5.76. The minimum atomic E-state index is -0.0621. The molecule has 5 heteroatoms. The summed E-state index contributed by atoms with van der Waals surface area (Å²) < 4.78 is 11.1. The number of hydrogen-bond donors (Lipinski definition) is 1. The summed E-state index contributed by atoms with van der Waals surface area (Å²) in [4.78, 5) is 14.4. The molecule has 0 spiro atoms. The summed E-state index contributed by atoms with van der Waals surface area (Å²) in [5.41, 5.74) is 2.27. The maximum Gasteiger partial charge on any atom is 0.223 e. The zero-order valence-electron chi connectivity index (χ0n) is 15.4. The van der Waals surface area contributed by atoms with Gasteiger partial charge in [-0.1, -0.05) is 12.1 Å². The van der Waals surface area contributed by atoms with E-state index in [0.29, 0.717) is 19.6 Å². The van der Waals surface area contributed by atoms with E-state index in [0.717, 1.165) is 37.6 Å². The van der Waals surface area contributed by atoms with Crippen molar-refractivity contribution in [2.45, 2.75) is 39.7 Å². The average molecular weight is 334 g/mol. The number of nitrogens with one attached hydrogen (secondary N) is 1. The van der Waals surface area contributed by atoms with Crippen molar-refractivity contribution >= 4 is 5.91 Å². The van der Waals surface area contributed by atoms with Crippen molar-refractivity contribution in [3.63, 3.8) is 0 Å². The Morgan fingerprint density at radius 3 is 2.71 bits per heavy atom. The maximum atomic E-state index is 12.1. The molecule has 1 saturated heterocycles. The topological polar surface area (TPSA) is 50.8 Å². The molecule has 2 rings (SSSR count). The fourth-order valence-electron chi connectivity index (χ4n) is 2.82. The third-order valence-corrected chi connectivity index (χ3v) is 4.73. The molecule has 0 bridgehead atoms. The first-order valence-electron chi connectivity index (χ1n) is 8.69. The molecule has 1 aliphatic heterocycles. The molecule has 1 amide bonds. The normalized spacial score (nSPS) is 16.0. The summed E-state index contributed by atoms with van der Waals surface area (Å²) >= 11 is 0. The Morgan fingerprint density at radius 1 is 1.29 bits per heavy atom. The lowest BCUT2D eigenvalue weighted by Gasteiger charge is -2.40. The van der Waals surface area contributed by atoms with Gasteiger partial charge < -0.3 is 14.8 Å². The van der Waals surface area contributed by atoms with E-state index in [1.807, 2.05) is 19.1 Å². The number of morpholine rings is 1. The Bertz CT molecular complexity index is 552. The minimum Gasteiger partial charge on any atom is -0.493 e.